The summed E-state index contributed by atoms with van der Waals surface area (Å²) in [5.41, 5.74) is 6.83. The normalized spacial score (nSPS) is 13.4. The second-order valence-electron chi connectivity index (χ2n) is 9.26. The van der Waals surface area contributed by atoms with Crippen LogP contribution in [0.3, 0.4) is 0 Å². The molecule has 3 aromatic carbocycles. The van der Waals surface area contributed by atoms with Crippen molar-refractivity contribution >= 4 is 34.3 Å². The first-order valence-corrected chi connectivity index (χ1v) is 13.4. The van der Waals surface area contributed by atoms with Crippen LogP contribution in [0.1, 0.15) is 23.6 Å². The van der Waals surface area contributed by atoms with E-state index >= 15 is 0 Å². The van der Waals surface area contributed by atoms with Gasteiger partial charge in [0.05, 0.1) is 44.1 Å². The highest BCUT2D eigenvalue weighted by molar-refractivity contribution is 7.07. The van der Waals surface area contributed by atoms with Gasteiger partial charge in [0.1, 0.15) is 5.75 Å². The summed E-state index contributed by atoms with van der Waals surface area (Å²) in [7, 11) is 4.74. The highest BCUT2D eigenvalue weighted by Crippen LogP contribution is 2.38. The van der Waals surface area contributed by atoms with E-state index in [1.54, 1.807) is 21.3 Å². The molecule has 1 aliphatic heterocycles. The quantitative estimate of drug-likeness (QED) is 0.294. The summed E-state index contributed by atoms with van der Waals surface area (Å²) in [5.74, 6) is 2.02. The monoisotopic (exact) mass is 558 g/mol. The lowest BCUT2D eigenvalue weighted by Crippen LogP contribution is -2.25. The van der Waals surface area contributed by atoms with Gasteiger partial charge in [-0.1, -0.05) is 12.1 Å². The average Bonchev–Trinajstić information content (AvgIpc) is 3.35. The van der Waals surface area contributed by atoms with Gasteiger partial charge in [-0.25, -0.2) is 9.67 Å². The van der Waals surface area contributed by atoms with Crippen molar-refractivity contribution in [2.24, 2.45) is 10.1 Å². The summed E-state index contributed by atoms with van der Waals surface area (Å²) in [6.45, 7) is 6.00. The standard InChI is InChI=1S/C30H30N4O5S/c1-17-7-8-18(2)22(11-17)32-30-34(33-19(3)21-13-26(36-4)29(38-6)27(14-21)37-5)24(16-40-30)20-9-10-25-23(12-20)31-28(35)15-39-25/h7-14,16H,15H2,1-6H3,(H,31,35). The van der Waals surface area contributed by atoms with Gasteiger partial charge >= 0.3 is 0 Å². The lowest BCUT2D eigenvalue weighted by atomic mass is 10.1. The Kier molecular flexibility index (Phi) is 7.61. The number of nitrogens with zero attached hydrogens (tertiary/aromatic N) is 3. The van der Waals surface area contributed by atoms with Crippen molar-refractivity contribution in [3.05, 3.63) is 75.4 Å². The molecule has 1 aromatic heterocycles. The highest BCUT2D eigenvalue weighted by Gasteiger charge is 2.19. The summed E-state index contributed by atoms with van der Waals surface area (Å²) in [4.78, 5) is 17.6. The second-order valence-corrected chi connectivity index (χ2v) is 10.1. The summed E-state index contributed by atoms with van der Waals surface area (Å²) in [5, 5.41) is 9.91. The molecule has 0 fully saturated rings. The van der Waals surface area contributed by atoms with Gasteiger partial charge in [0.25, 0.3) is 5.91 Å². The number of thiazole rings is 1. The molecule has 10 heteroatoms. The van der Waals surface area contributed by atoms with Gasteiger partial charge in [-0.05, 0) is 68.3 Å². The predicted molar refractivity (Wildman–Crippen MR) is 157 cm³/mol. The lowest BCUT2D eigenvalue weighted by molar-refractivity contribution is -0.118. The number of hydrogen-bond acceptors (Lipinski definition) is 8. The van der Waals surface area contributed by atoms with E-state index in [-0.39, 0.29) is 12.5 Å². The number of methoxy groups -OCH3 is 3. The van der Waals surface area contributed by atoms with Crippen molar-refractivity contribution in [1.29, 1.82) is 0 Å². The summed E-state index contributed by atoms with van der Waals surface area (Å²) >= 11 is 1.48. The first-order chi connectivity index (χ1) is 19.3. The Morgan fingerprint density at radius 3 is 2.45 bits per heavy atom. The SMILES string of the molecule is COc1cc(C(C)=Nn2c(-c3ccc4c(c3)NC(=O)CO4)csc2=Nc2cc(C)ccc2C)cc(OC)c1OC. The van der Waals surface area contributed by atoms with Gasteiger partial charge in [-0.15, -0.1) is 11.3 Å². The highest BCUT2D eigenvalue weighted by atomic mass is 32.1. The molecular formula is C30H30N4O5S. The van der Waals surface area contributed by atoms with Gasteiger partial charge in [-0.3, -0.25) is 4.79 Å². The van der Waals surface area contributed by atoms with Crippen molar-refractivity contribution in [3.63, 3.8) is 0 Å². The van der Waals surface area contributed by atoms with Crippen molar-refractivity contribution in [2.45, 2.75) is 20.8 Å². The van der Waals surface area contributed by atoms with Crippen LogP contribution in [-0.2, 0) is 4.79 Å². The molecule has 2 heterocycles. The first-order valence-electron chi connectivity index (χ1n) is 12.6. The first kappa shape index (κ1) is 27.0. The fraction of sp³-hybridized carbons (Fsp3) is 0.233. The predicted octanol–water partition coefficient (Wildman–Crippen LogP) is 5.69. The van der Waals surface area contributed by atoms with E-state index in [4.69, 9.17) is 29.0 Å². The van der Waals surface area contributed by atoms with E-state index in [2.05, 4.69) is 23.5 Å². The minimum Gasteiger partial charge on any atom is -0.493 e. The summed E-state index contributed by atoms with van der Waals surface area (Å²) in [6, 6.07) is 15.6. The summed E-state index contributed by atoms with van der Waals surface area (Å²) < 4.78 is 24.0. The fourth-order valence-corrected chi connectivity index (χ4v) is 5.20. The third-order valence-electron chi connectivity index (χ3n) is 6.51. The number of benzene rings is 3. The van der Waals surface area contributed by atoms with Gasteiger partial charge < -0.3 is 24.3 Å². The zero-order valence-electron chi connectivity index (χ0n) is 23.2. The molecule has 0 bridgehead atoms. The Hall–Kier alpha value is -4.57. The Labute approximate surface area is 236 Å². The summed E-state index contributed by atoms with van der Waals surface area (Å²) in [6.07, 6.45) is 0. The number of fused-ring (bicyclic) bond motifs is 1. The third-order valence-corrected chi connectivity index (χ3v) is 7.32. The molecule has 40 heavy (non-hydrogen) atoms. The van der Waals surface area contributed by atoms with E-state index in [9.17, 15) is 4.79 Å². The number of anilines is 1. The smallest absolute Gasteiger partial charge is 0.262 e. The molecular weight excluding hydrogens is 528 g/mol. The van der Waals surface area contributed by atoms with Crippen molar-refractivity contribution in [2.75, 3.05) is 33.3 Å². The molecule has 9 nitrogen and oxygen atoms in total. The maximum absolute atomic E-state index is 12.0. The molecule has 4 aromatic rings. The number of carbonyl (C=O) groups excluding carboxylic acids is 1. The Bertz CT molecular complexity index is 1680. The minimum atomic E-state index is -0.190. The Morgan fingerprint density at radius 2 is 1.75 bits per heavy atom. The Balaban J connectivity index is 1.70. The van der Waals surface area contributed by atoms with Crippen LogP contribution < -0.4 is 29.1 Å². The van der Waals surface area contributed by atoms with E-state index in [1.807, 2.05) is 61.2 Å². The van der Waals surface area contributed by atoms with E-state index in [0.29, 0.717) is 39.2 Å². The number of amides is 1. The number of carbonyl (C=O) groups is 1. The molecule has 206 valence electrons. The van der Waals surface area contributed by atoms with Crippen LogP contribution in [0.4, 0.5) is 11.4 Å². The van der Waals surface area contributed by atoms with Crippen molar-refractivity contribution in [3.8, 4) is 34.3 Å². The van der Waals surface area contributed by atoms with Crippen LogP contribution in [0, 0.1) is 13.8 Å². The van der Waals surface area contributed by atoms with Gasteiger partial charge in [-0.2, -0.15) is 5.10 Å². The Morgan fingerprint density at radius 1 is 1.00 bits per heavy atom. The fourth-order valence-electron chi connectivity index (χ4n) is 4.36. The lowest BCUT2D eigenvalue weighted by Gasteiger charge is -2.18. The number of nitrogens with one attached hydrogen (secondary N) is 1. The number of rotatable bonds is 7. The van der Waals surface area contributed by atoms with Gasteiger partial charge in [0.15, 0.2) is 18.1 Å². The second kappa shape index (κ2) is 11.3. The van der Waals surface area contributed by atoms with Crippen LogP contribution in [0.2, 0.25) is 0 Å². The molecule has 0 spiro atoms. The van der Waals surface area contributed by atoms with Gasteiger partial charge in [0, 0.05) is 16.5 Å². The van der Waals surface area contributed by atoms with Crippen LogP contribution >= 0.6 is 11.3 Å². The van der Waals surface area contributed by atoms with E-state index < -0.39 is 0 Å². The molecule has 5 rings (SSSR count). The molecule has 0 unspecified atom stereocenters. The molecule has 1 N–H and O–H groups in total. The van der Waals surface area contributed by atoms with Gasteiger partial charge in [0.2, 0.25) is 10.6 Å². The molecule has 0 atom stereocenters. The number of aromatic nitrogens is 1. The maximum Gasteiger partial charge on any atom is 0.262 e. The molecule has 0 aliphatic carbocycles. The average molecular weight is 559 g/mol. The molecule has 0 radical (unpaired) electrons. The number of aryl methyl sites for hydroxylation is 2. The maximum atomic E-state index is 12.0. The van der Waals surface area contributed by atoms with Crippen molar-refractivity contribution in [1.82, 2.24) is 4.68 Å². The zero-order valence-corrected chi connectivity index (χ0v) is 24.0. The molecule has 1 amide bonds. The van der Waals surface area contributed by atoms with Crippen LogP contribution in [0.15, 0.2) is 64.0 Å². The van der Waals surface area contributed by atoms with E-state index in [1.165, 1.54) is 11.3 Å². The largest absolute Gasteiger partial charge is 0.493 e. The minimum absolute atomic E-state index is 0.00193. The topological polar surface area (TPSA) is 95.7 Å². The zero-order chi connectivity index (χ0) is 28.4. The van der Waals surface area contributed by atoms with Crippen LogP contribution in [-0.4, -0.2) is 44.2 Å². The number of ether oxygens (including phenoxy) is 4. The van der Waals surface area contributed by atoms with Crippen LogP contribution in [0.5, 0.6) is 23.0 Å². The van der Waals surface area contributed by atoms with Crippen LogP contribution in [0.25, 0.3) is 11.3 Å². The molecule has 0 saturated carbocycles. The third kappa shape index (κ3) is 5.30. The van der Waals surface area contributed by atoms with Crippen molar-refractivity contribution < 1.29 is 23.7 Å². The molecule has 1 aliphatic rings. The van der Waals surface area contributed by atoms with E-state index in [0.717, 1.165) is 33.6 Å². The molecule has 0 saturated heterocycles. The number of hydrogen-bond donors (Lipinski definition) is 1.